The summed E-state index contributed by atoms with van der Waals surface area (Å²) in [7, 11) is 0. The van der Waals surface area contributed by atoms with Gasteiger partial charge in [0.05, 0.1) is 22.9 Å². The molecule has 0 spiro atoms. The Balaban J connectivity index is 1.99. The minimum absolute atomic E-state index is 0.117. The zero-order valence-corrected chi connectivity index (χ0v) is 14.3. The summed E-state index contributed by atoms with van der Waals surface area (Å²) >= 11 is 11.8. The van der Waals surface area contributed by atoms with Crippen molar-refractivity contribution in [2.75, 3.05) is 5.32 Å². The van der Waals surface area contributed by atoms with Crippen LogP contribution in [0.1, 0.15) is 22.8 Å². The number of hydrogen-bond donors (Lipinski definition) is 2. The molecule has 0 fully saturated rings. The average Bonchev–Trinajstić information content (AvgIpc) is 2.58. The van der Waals surface area contributed by atoms with Gasteiger partial charge in [-0.15, -0.1) is 0 Å². The molecule has 2 rings (SSSR count). The SMILES string of the molecule is CC(OC(=O)c1ccc(CO)cc1)C(=O)Nc1cc(Cl)ccc1Cl. The fourth-order valence-corrected chi connectivity index (χ4v) is 2.19. The molecule has 1 amide bonds. The molecule has 126 valence electrons. The predicted octanol–water partition coefficient (Wildman–Crippen LogP) is 3.67. The van der Waals surface area contributed by atoms with Crippen LogP contribution < -0.4 is 5.32 Å². The van der Waals surface area contributed by atoms with Crippen LogP contribution in [0.3, 0.4) is 0 Å². The highest BCUT2D eigenvalue weighted by molar-refractivity contribution is 6.35. The molecule has 7 heteroatoms. The van der Waals surface area contributed by atoms with E-state index in [0.717, 1.165) is 0 Å². The predicted molar refractivity (Wildman–Crippen MR) is 92.3 cm³/mol. The highest BCUT2D eigenvalue weighted by atomic mass is 35.5. The number of aliphatic hydroxyl groups excluding tert-OH is 1. The zero-order chi connectivity index (χ0) is 17.7. The molecule has 5 nitrogen and oxygen atoms in total. The van der Waals surface area contributed by atoms with Gasteiger partial charge in [0, 0.05) is 5.02 Å². The van der Waals surface area contributed by atoms with Crippen LogP contribution in [0.15, 0.2) is 42.5 Å². The Morgan fingerprint density at radius 1 is 1.17 bits per heavy atom. The molecule has 0 aliphatic carbocycles. The molecule has 0 saturated heterocycles. The average molecular weight is 368 g/mol. The molecule has 2 aromatic rings. The molecule has 0 aliphatic rings. The Hall–Kier alpha value is -2.08. The lowest BCUT2D eigenvalue weighted by Crippen LogP contribution is -2.30. The monoisotopic (exact) mass is 367 g/mol. The van der Waals surface area contributed by atoms with Gasteiger partial charge in [-0.25, -0.2) is 4.79 Å². The number of nitrogens with one attached hydrogen (secondary N) is 1. The van der Waals surface area contributed by atoms with Crippen molar-refractivity contribution in [3.8, 4) is 0 Å². The van der Waals surface area contributed by atoms with Gasteiger partial charge in [0.2, 0.25) is 0 Å². The van der Waals surface area contributed by atoms with Crippen LogP contribution in [0, 0.1) is 0 Å². The van der Waals surface area contributed by atoms with Crippen LogP contribution in [0.4, 0.5) is 5.69 Å². The van der Waals surface area contributed by atoms with Gasteiger partial charge in [-0.05, 0) is 42.8 Å². The topological polar surface area (TPSA) is 75.6 Å². The molecule has 2 aromatic carbocycles. The van der Waals surface area contributed by atoms with Gasteiger partial charge >= 0.3 is 5.97 Å². The first-order chi connectivity index (χ1) is 11.4. The summed E-state index contributed by atoms with van der Waals surface area (Å²) in [5, 5.41) is 12.3. The number of carbonyl (C=O) groups is 2. The van der Waals surface area contributed by atoms with Crippen LogP contribution >= 0.6 is 23.2 Å². The number of ether oxygens (including phenoxy) is 1. The van der Waals surface area contributed by atoms with Crippen molar-refractivity contribution in [3.05, 3.63) is 63.6 Å². The number of aliphatic hydroxyl groups is 1. The van der Waals surface area contributed by atoms with Crippen LogP contribution in [0.25, 0.3) is 0 Å². The summed E-state index contributed by atoms with van der Waals surface area (Å²) in [4.78, 5) is 24.1. The fraction of sp³-hybridized carbons (Fsp3) is 0.176. The first-order valence-corrected chi connectivity index (χ1v) is 7.83. The highest BCUT2D eigenvalue weighted by Gasteiger charge is 2.20. The van der Waals surface area contributed by atoms with E-state index in [9.17, 15) is 9.59 Å². The number of hydrogen-bond acceptors (Lipinski definition) is 4. The Bertz CT molecular complexity index is 747. The molecular formula is C17H15Cl2NO4. The second-order valence-electron chi connectivity index (χ2n) is 5.02. The van der Waals surface area contributed by atoms with E-state index in [2.05, 4.69) is 5.32 Å². The second kappa shape index (κ2) is 8.15. The third-order valence-corrected chi connectivity index (χ3v) is 3.78. The number of halogens is 2. The van der Waals surface area contributed by atoms with Gasteiger partial charge < -0.3 is 15.2 Å². The molecule has 0 saturated carbocycles. The summed E-state index contributed by atoms with van der Waals surface area (Å²) in [6, 6.07) is 10.9. The number of carbonyl (C=O) groups excluding carboxylic acids is 2. The fourth-order valence-electron chi connectivity index (χ4n) is 1.86. The molecule has 1 unspecified atom stereocenters. The lowest BCUT2D eigenvalue weighted by atomic mass is 10.1. The number of benzene rings is 2. The van der Waals surface area contributed by atoms with Crippen LogP contribution in [0.2, 0.25) is 10.0 Å². The van der Waals surface area contributed by atoms with Crippen molar-refractivity contribution in [1.29, 1.82) is 0 Å². The van der Waals surface area contributed by atoms with E-state index >= 15 is 0 Å². The number of amides is 1. The minimum Gasteiger partial charge on any atom is -0.449 e. The highest BCUT2D eigenvalue weighted by Crippen LogP contribution is 2.25. The Kier molecular flexibility index (Phi) is 6.20. The maximum atomic E-state index is 12.1. The lowest BCUT2D eigenvalue weighted by Gasteiger charge is -2.14. The molecule has 0 aromatic heterocycles. The summed E-state index contributed by atoms with van der Waals surface area (Å²) in [5.74, 6) is -1.17. The van der Waals surface area contributed by atoms with Gasteiger partial charge in [-0.3, -0.25) is 4.79 Å². The third kappa shape index (κ3) is 4.71. The first-order valence-electron chi connectivity index (χ1n) is 7.07. The number of rotatable bonds is 5. The molecule has 24 heavy (non-hydrogen) atoms. The van der Waals surface area contributed by atoms with Gasteiger partial charge in [0.1, 0.15) is 0 Å². The summed E-state index contributed by atoms with van der Waals surface area (Å²) in [6.07, 6.45) is -1.02. The standard InChI is InChI=1S/C17H15Cl2NO4/c1-10(16(22)20-15-8-13(18)6-7-14(15)19)24-17(23)12-4-2-11(9-21)3-5-12/h2-8,10,21H,9H2,1H3,(H,20,22). The van der Waals surface area contributed by atoms with Gasteiger partial charge in [0.15, 0.2) is 6.10 Å². The van der Waals surface area contributed by atoms with Crippen molar-refractivity contribution in [3.63, 3.8) is 0 Å². The van der Waals surface area contributed by atoms with E-state index in [-0.39, 0.29) is 12.2 Å². The molecule has 1 atom stereocenters. The van der Waals surface area contributed by atoms with Crippen molar-refractivity contribution in [2.45, 2.75) is 19.6 Å². The second-order valence-corrected chi connectivity index (χ2v) is 5.86. The Morgan fingerprint density at radius 2 is 1.83 bits per heavy atom. The lowest BCUT2D eigenvalue weighted by molar-refractivity contribution is -0.123. The van der Waals surface area contributed by atoms with Crippen molar-refractivity contribution < 1.29 is 19.4 Å². The van der Waals surface area contributed by atoms with Crippen molar-refractivity contribution in [2.24, 2.45) is 0 Å². The number of anilines is 1. The van der Waals surface area contributed by atoms with E-state index in [1.54, 1.807) is 24.3 Å². The quantitative estimate of drug-likeness (QED) is 0.790. The Morgan fingerprint density at radius 3 is 2.46 bits per heavy atom. The van der Waals surface area contributed by atoms with Crippen LogP contribution in [0.5, 0.6) is 0 Å². The van der Waals surface area contributed by atoms with E-state index in [1.165, 1.54) is 25.1 Å². The van der Waals surface area contributed by atoms with Gasteiger partial charge in [0.25, 0.3) is 5.91 Å². The molecule has 0 bridgehead atoms. The summed E-state index contributed by atoms with van der Waals surface area (Å²) < 4.78 is 5.12. The van der Waals surface area contributed by atoms with E-state index in [4.69, 9.17) is 33.0 Å². The molecule has 2 N–H and O–H groups in total. The maximum Gasteiger partial charge on any atom is 0.338 e. The van der Waals surface area contributed by atoms with E-state index < -0.39 is 18.0 Å². The zero-order valence-electron chi connectivity index (χ0n) is 12.8. The van der Waals surface area contributed by atoms with Gasteiger partial charge in [-0.1, -0.05) is 35.3 Å². The smallest absolute Gasteiger partial charge is 0.338 e. The van der Waals surface area contributed by atoms with Gasteiger partial charge in [-0.2, -0.15) is 0 Å². The summed E-state index contributed by atoms with van der Waals surface area (Å²) in [6.45, 7) is 1.34. The van der Waals surface area contributed by atoms with E-state index in [1.807, 2.05) is 0 Å². The third-order valence-electron chi connectivity index (χ3n) is 3.21. The first kappa shape index (κ1) is 18.3. The maximum absolute atomic E-state index is 12.1. The van der Waals surface area contributed by atoms with Crippen molar-refractivity contribution >= 4 is 40.8 Å². The molecular weight excluding hydrogens is 353 g/mol. The molecule has 0 heterocycles. The Labute approximate surface area is 149 Å². The normalized spacial score (nSPS) is 11.7. The van der Waals surface area contributed by atoms with Crippen LogP contribution in [-0.2, 0) is 16.1 Å². The largest absolute Gasteiger partial charge is 0.449 e. The minimum atomic E-state index is -1.02. The van der Waals surface area contributed by atoms with Crippen LogP contribution in [-0.4, -0.2) is 23.1 Å². The van der Waals surface area contributed by atoms with E-state index in [0.29, 0.717) is 21.3 Å². The molecule has 0 radical (unpaired) electrons. The van der Waals surface area contributed by atoms with Crippen molar-refractivity contribution in [1.82, 2.24) is 0 Å². The number of esters is 1. The summed E-state index contributed by atoms with van der Waals surface area (Å²) in [5.41, 5.74) is 1.30. The molecule has 0 aliphatic heterocycles.